The smallest absolute Gasteiger partial charge is 0.404 e. The Morgan fingerprint density at radius 3 is 3.03 bits per heavy atom. The Morgan fingerprint density at radius 2 is 2.26 bits per heavy atom. The van der Waals surface area contributed by atoms with Gasteiger partial charge in [0.25, 0.3) is 0 Å². The van der Waals surface area contributed by atoms with Crippen molar-refractivity contribution in [3.05, 3.63) is 23.5 Å². The standard InChI is InChI=1S/C23H27N7O4S/c1-4-14-9-17-20(25-10-14)30-7-6-29(11-15(30)12-33-17)22-26-16-5-8-35(32)18(16)19(27-22)28-23(2,3)13-34-21(24)31/h1,9-10,15H,5-8,11-13H2,2-3H3,(H2,24,31)(H,26,27,28)/t15-,35+/m0/s1. The highest BCUT2D eigenvalue weighted by Crippen LogP contribution is 2.36. The van der Waals surface area contributed by atoms with Gasteiger partial charge in [0, 0.05) is 49.6 Å². The van der Waals surface area contributed by atoms with E-state index in [9.17, 15) is 9.00 Å². The van der Waals surface area contributed by atoms with Crippen LogP contribution in [0.5, 0.6) is 5.75 Å². The lowest BCUT2D eigenvalue weighted by Crippen LogP contribution is -2.58. The molecule has 184 valence electrons. The minimum Gasteiger partial charge on any atom is -0.487 e. The fourth-order valence-electron chi connectivity index (χ4n) is 4.50. The minimum absolute atomic E-state index is 0.0367. The number of carbonyl (C=O) groups is 1. The van der Waals surface area contributed by atoms with Crippen molar-refractivity contribution in [3.8, 4) is 18.1 Å². The van der Waals surface area contributed by atoms with Crippen LogP contribution >= 0.6 is 0 Å². The topological polar surface area (TPSA) is 136 Å². The van der Waals surface area contributed by atoms with E-state index in [2.05, 4.69) is 26.0 Å². The molecule has 0 aliphatic carbocycles. The number of carbonyl (C=O) groups excluding carboxylic acids is 1. The van der Waals surface area contributed by atoms with Crippen molar-refractivity contribution >= 4 is 34.5 Å². The van der Waals surface area contributed by atoms with Crippen molar-refractivity contribution in [2.45, 2.75) is 36.7 Å². The van der Waals surface area contributed by atoms with E-state index in [1.54, 1.807) is 6.20 Å². The van der Waals surface area contributed by atoms with E-state index < -0.39 is 22.4 Å². The lowest BCUT2D eigenvalue weighted by molar-refractivity contribution is 0.138. The number of nitrogens with one attached hydrogen (secondary N) is 1. The van der Waals surface area contributed by atoms with Crippen LogP contribution in [-0.2, 0) is 22.0 Å². The molecular weight excluding hydrogens is 470 g/mol. The number of nitrogens with zero attached hydrogens (tertiary/aromatic N) is 5. The maximum atomic E-state index is 12.7. The molecule has 0 saturated carbocycles. The first-order valence-corrected chi connectivity index (χ1v) is 12.7. The van der Waals surface area contributed by atoms with Gasteiger partial charge in [-0.2, -0.15) is 4.98 Å². The number of aryl methyl sites for hydroxylation is 1. The predicted octanol–water partition coefficient (Wildman–Crippen LogP) is 0.890. The summed E-state index contributed by atoms with van der Waals surface area (Å²) in [6.45, 7) is 6.30. The van der Waals surface area contributed by atoms with Crippen LogP contribution in [-0.4, -0.2) is 75.4 Å². The van der Waals surface area contributed by atoms with E-state index in [-0.39, 0.29) is 12.6 Å². The van der Waals surface area contributed by atoms with Crippen LogP contribution in [0.4, 0.5) is 22.4 Å². The zero-order valence-corrected chi connectivity index (χ0v) is 20.4. The van der Waals surface area contributed by atoms with Crippen LogP contribution in [0.2, 0.25) is 0 Å². The van der Waals surface area contributed by atoms with Gasteiger partial charge in [-0.15, -0.1) is 6.42 Å². The van der Waals surface area contributed by atoms with Crippen molar-refractivity contribution in [2.75, 3.05) is 53.7 Å². The number of anilines is 3. The Hall–Kier alpha value is -3.59. The number of pyridine rings is 1. The number of primary amides is 1. The molecule has 2 atom stereocenters. The van der Waals surface area contributed by atoms with Gasteiger partial charge in [-0.25, -0.2) is 14.8 Å². The largest absolute Gasteiger partial charge is 0.487 e. The normalized spacial score (nSPS) is 20.7. The Kier molecular flexibility index (Phi) is 5.88. The van der Waals surface area contributed by atoms with Crippen LogP contribution in [0.25, 0.3) is 0 Å². The van der Waals surface area contributed by atoms with Crippen LogP contribution < -0.4 is 25.6 Å². The number of piperazine rings is 1. The molecule has 0 unspecified atom stereocenters. The molecule has 3 N–H and O–H groups in total. The number of rotatable bonds is 5. The van der Waals surface area contributed by atoms with Gasteiger partial charge in [0.15, 0.2) is 11.6 Å². The average molecular weight is 498 g/mol. The highest BCUT2D eigenvalue weighted by molar-refractivity contribution is 7.85. The van der Waals surface area contributed by atoms with Gasteiger partial charge in [0.05, 0.1) is 28.1 Å². The van der Waals surface area contributed by atoms with Gasteiger partial charge < -0.3 is 30.3 Å². The Bertz CT molecular complexity index is 1250. The third-order valence-electron chi connectivity index (χ3n) is 6.18. The fourth-order valence-corrected chi connectivity index (χ4v) is 5.81. The van der Waals surface area contributed by atoms with Crippen molar-refractivity contribution < 1.29 is 18.5 Å². The van der Waals surface area contributed by atoms with E-state index in [4.69, 9.17) is 31.6 Å². The molecular formula is C23H27N7O4S. The zero-order chi connectivity index (χ0) is 24.7. The van der Waals surface area contributed by atoms with E-state index in [1.807, 2.05) is 19.9 Å². The summed E-state index contributed by atoms with van der Waals surface area (Å²) in [5.41, 5.74) is 5.92. The quantitative estimate of drug-likeness (QED) is 0.573. The van der Waals surface area contributed by atoms with Gasteiger partial charge in [0.1, 0.15) is 23.9 Å². The monoisotopic (exact) mass is 497 g/mol. The van der Waals surface area contributed by atoms with Gasteiger partial charge in [0.2, 0.25) is 5.95 Å². The average Bonchev–Trinajstić information content (AvgIpc) is 3.22. The first-order valence-electron chi connectivity index (χ1n) is 11.3. The van der Waals surface area contributed by atoms with Crippen LogP contribution in [0.3, 0.4) is 0 Å². The zero-order valence-electron chi connectivity index (χ0n) is 19.6. The maximum Gasteiger partial charge on any atom is 0.404 e. The van der Waals surface area contributed by atoms with Crippen LogP contribution in [0, 0.1) is 12.3 Å². The van der Waals surface area contributed by atoms with Crippen molar-refractivity contribution in [1.82, 2.24) is 15.0 Å². The highest BCUT2D eigenvalue weighted by Gasteiger charge is 2.36. The molecule has 11 nitrogen and oxygen atoms in total. The molecule has 5 heterocycles. The number of hydrogen-bond acceptors (Lipinski definition) is 10. The molecule has 5 rings (SSSR count). The van der Waals surface area contributed by atoms with Crippen molar-refractivity contribution in [1.29, 1.82) is 0 Å². The van der Waals surface area contributed by atoms with Gasteiger partial charge >= 0.3 is 6.09 Å². The Morgan fingerprint density at radius 1 is 1.43 bits per heavy atom. The third kappa shape index (κ3) is 4.55. The fraction of sp³-hybridized carbons (Fsp3) is 0.478. The summed E-state index contributed by atoms with van der Waals surface area (Å²) in [5, 5.41) is 3.30. The molecule has 1 saturated heterocycles. The Balaban J connectivity index is 1.39. The summed E-state index contributed by atoms with van der Waals surface area (Å²) < 4.78 is 23.7. The lowest BCUT2D eigenvalue weighted by atomic mass is 10.1. The van der Waals surface area contributed by atoms with Gasteiger partial charge in [-0.05, 0) is 13.8 Å². The van der Waals surface area contributed by atoms with E-state index in [0.717, 1.165) is 18.1 Å². The third-order valence-corrected chi connectivity index (χ3v) is 7.64. The number of hydrogen-bond donors (Lipinski definition) is 2. The van der Waals surface area contributed by atoms with Crippen molar-refractivity contribution in [2.24, 2.45) is 5.73 Å². The highest BCUT2D eigenvalue weighted by atomic mass is 32.2. The van der Waals surface area contributed by atoms with E-state index >= 15 is 0 Å². The second-order valence-corrected chi connectivity index (χ2v) is 10.9. The summed E-state index contributed by atoms with van der Waals surface area (Å²) in [4.78, 5) is 30.1. The number of amides is 1. The Labute approximate surface area is 205 Å². The first-order chi connectivity index (χ1) is 16.7. The molecule has 2 aromatic rings. The van der Waals surface area contributed by atoms with Crippen LogP contribution in [0.1, 0.15) is 25.1 Å². The van der Waals surface area contributed by atoms with E-state index in [1.165, 1.54) is 0 Å². The number of fused-ring (bicyclic) bond motifs is 4. The SMILES string of the molecule is C#Cc1cnc2c(c1)OC[C@@H]1CN(c3nc4c(c(NC(C)(C)COC(N)=O)n3)[S@](=O)CC4)CCN21. The van der Waals surface area contributed by atoms with Gasteiger partial charge in [-0.1, -0.05) is 5.92 Å². The lowest BCUT2D eigenvalue weighted by Gasteiger charge is -2.44. The molecule has 3 aliphatic heterocycles. The number of nitrogens with two attached hydrogens (primary N) is 1. The predicted molar refractivity (Wildman–Crippen MR) is 131 cm³/mol. The second kappa shape index (κ2) is 8.88. The summed E-state index contributed by atoms with van der Waals surface area (Å²) in [7, 11) is -1.19. The molecule has 1 fully saturated rings. The number of ether oxygens (including phenoxy) is 2. The molecule has 0 bridgehead atoms. The van der Waals surface area contributed by atoms with Gasteiger partial charge in [-0.3, -0.25) is 4.21 Å². The molecule has 35 heavy (non-hydrogen) atoms. The number of terminal acetylenes is 1. The minimum atomic E-state index is -1.19. The summed E-state index contributed by atoms with van der Waals surface area (Å²) in [6.07, 6.45) is 6.94. The second-order valence-electron chi connectivity index (χ2n) is 9.36. The summed E-state index contributed by atoms with van der Waals surface area (Å²) in [5.74, 6) is 5.66. The summed E-state index contributed by atoms with van der Waals surface area (Å²) >= 11 is 0. The van der Waals surface area contributed by atoms with E-state index in [0.29, 0.717) is 59.8 Å². The molecule has 1 amide bonds. The molecule has 0 spiro atoms. The number of aromatic nitrogens is 3. The summed E-state index contributed by atoms with van der Waals surface area (Å²) in [6, 6.07) is 1.92. The first kappa shape index (κ1) is 23.2. The molecule has 12 heteroatoms. The van der Waals surface area contributed by atoms with Crippen molar-refractivity contribution in [3.63, 3.8) is 0 Å². The molecule has 0 aromatic carbocycles. The van der Waals surface area contributed by atoms with Crippen LogP contribution in [0.15, 0.2) is 17.2 Å². The molecule has 3 aliphatic rings. The molecule has 0 radical (unpaired) electrons. The molecule has 2 aromatic heterocycles. The maximum absolute atomic E-state index is 12.7.